The minimum absolute atomic E-state index is 1.04. The summed E-state index contributed by atoms with van der Waals surface area (Å²) >= 11 is 1.85. The van der Waals surface area contributed by atoms with Crippen LogP contribution in [0.2, 0.25) is 0 Å². The predicted molar refractivity (Wildman–Crippen MR) is 85.8 cm³/mol. The monoisotopic (exact) mass is 286 g/mol. The molecule has 2 aliphatic carbocycles. The number of benzene rings is 1. The van der Waals surface area contributed by atoms with E-state index in [-0.39, 0.29) is 0 Å². The van der Waals surface area contributed by atoms with E-state index >= 15 is 0 Å². The van der Waals surface area contributed by atoms with E-state index in [9.17, 15) is 0 Å². The molecule has 3 aliphatic rings. The summed E-state index contributed by atoms with van der Waals surface area (Å²) in [4.78, 5) is 9.61. The van der Waals surface area contributed by atoms with Gasteiger partial charge in [-0.15, -0.1) is 11.3 Å². The number of aryl methyl sites for hydroxylation is 1. The van der Waals surface area contributed by atoms with Crippen LogP contribution in [0, 0.1) is 0 Å². The molecule has 0 bridgehead atoms. The van der Waals surface area contributed by atoms with Gasteiger partial charge >= 0.3 is 0 Å². The van der Waals surface area contributed by atoms with Gasteiger partial charge in [-0.1, -0.05) is 0 Å². The highest BCUT2D eigenvalue weighted by atomic mass is 32.1. The molecule has 104 valence electrons. The Balaban J connectivity index is 2.20. The first-order valence-electron chi connectivity index (χ1n) is 6.86. The lowest BCUT2D eigenvalue weighted by molar-refractivity contribution is 0.488. The summed E-state index contributed by atoms with van der Waals surface area (Å²) in [5.41, 5.74) is 3.74. The predicted octanol–water partition coefficient (Wildman–Crippen LogP) is 2.13. The second-order valence-corrected chi connectivity index (χ2v) is 6.69. The van der Waals surface area contributed by atoms with Crippen molar-refractivity contribution in [2.75, 3.05) is 28.2 Å². The molecule has 0 spiro atoms. The van der Waals surface area contributed by atoms with Crippen LogP contribution >= 0.6 is 11.3 Å². The molecule has 0 N–H and O–H groups in total. The van der Waals surface area contributed by atoms with Crippen LogP contribution in [0.25, 0.3) is 16.6 Å². The van der Waals surface area contributed by atoms with Crippen molar-refractivity contribution < 1.29 is 0 Å². The third kappa shape index (κ3) is 2.36. The standard InChI is InChI=1S/C16H20N3S/c1-18(2)11-5-7-13-15(9-11)20-16-10-12(19(3)4)6-8-14(16)17-13/h5,7,9-10H,6,8H2,1-4H3/q+1. The molecule has 0 atom stereocenters. The number of rotatable bonds is 1. The Kier molecular flexibility index (Phi) is 3.34. The van der Waals surface area contributed by atoms with E-state index in [2.05, 4.69) is 61.9 Å². The van der Waals surface area contributed by atoms with Crippen LogP contribution in [0.15, 0.2) is 23.9 Å². The van der Waals surface area contributed by atoms with Gasteiger partial charge in [0, 0.05) is 31.9 Å². The third-order valence-corrected chi connectivity index (χ3v) is 4.83. The molecule has 0 fully saturated rings. The number of allylic oxidation sites excluding steroid dienone is 1. The van der Waals surface area contributed by atoms with Crippen molar-refractivity contribution in [3.63, 3.8) is 0 Å². The summed E-state index contributed by atoms with van der Waals surface area (Å²) < 4.78 is 2.13. The molecule has 0 unspecified atom stereocenters. The highest BCUT2D eigenvalue weighted by Crippen LogP contribution is 2.33. The summed E-state index contributed by atoms with van der Waals surface area (Å²) in [5.74, 6) is 0. The first kappa shape index (κ1) is 13.3. The molecule has 3 nitrogen and oxygen atoms in total. The van der Waals surface area contributed by atoms with Crippen LogP contribution in [0.3, 0.4) is 0 Å². The van der Waals surface area contributed by atoms with Crippen molar-refractivity contribution in [2.24, 2.45) is 0 Å². The maximum atomic E-state index is 4.84. The molecule has 0 aromatic rings. The summed E-state index contributed by atoms with van der Waals surface area (Å²) in [5, 5.41) is 1.23. The van der Waals surface area contributed by atoms with Crippen LogP contribution in [-0.4, -0.2) is 38.1 Å². The maximum absolute atomic E-state index is 4.84. The molecule has 1 heterocycles. The second kappa shape index (κ2) is 5.02. The topological polar surface area (TPSA) is 19.1 Å². The Hall–Kier alpha value is -1.68. The van der Waals surface area contributed by atoms with Crippen molar-refractivity contribution in [2.45, 2.75) is 12.8 Å². The molecule has 0 saturated carbocycles. The fraction of sp³-hybridized carbons (Fsp3) is 0.375. The molecule has 0 amide bonds. The van der Waals surface area contributed by atoms with Crippen LogP contribution in [0.5, 0.6) is 0 Å². The van der Waals surface area contributed by atoms with Gasteiger partial charge in [0.2, 0.25) is 5.36 Å². The van der Waals surface area contributed by atoms with Crippen LogP contribution in [-0.2, 0) is 6.42 Å². The van der Waals surface area contributed by atoms with E-state index < -0.39 is 0 Å². The SMILES string of the molecule is CN(C)C1=Cc2sc3cc(=[N+](C)C)ccc-3nc2CC1. The highest BCUT2D eigenvalue weighted by Gasteiger charge is 2.17. The average Bonchev–Trinajstić information content (AvgIpc) is 2.43. The van der Waals surface area contributed by atoms with Crippen molar-refractivity contribution in [1.82, 2.24) is 14.5 Å². The minimum atomic E-state index is 1.04. The number of hydrogen-bond donors (Lipinski definition) is 0. The Labute approximate surface area is 123 Å². The summed E-state index contributed by atoms with van der Waals surface area (Å²) in [6.07, 6.45) is 4.42. The molecule has 0 aromatic heterocycles. The first-order chi connectivity index (χ1) is 9.54. The number of nitrogens with zero attached hydrogens (tertiary/aromatic N) is 3. The molecule has 4 heteroatoms. The fourth-order valence-corrected chi connectivity index (χ4v) is 3.54. The number of fused-ring (bicyclic) bond motifs is 2. The highest BCUT2D eigenvalue weighted by molar-refractivity contribution is 7.16. The number of hydrogen-bond acceptors (Lipinski definition) is 3. The third-order valence-electron chi connectivity index (χ3n) is 3.71. The molecule has 20 heavy (non-hydrogen) atoms. The fourth-order valence-electron chi connectivity index (χ4n) is 2.45. The van der Waals surface area contributed by atoms with Gasteiger partial charge in [-0.25, -0.2) is 4.58 Å². The Morgan fingerprint density at radius 1 is 1.20 bits per heavy atom. The Morgan fingerprint density at radius 3 is 2.70 bits per heavy atom. The van der Waals surface area contributed by atoms with E-state index in [1.54, 1.807) is 0 Å². The lowest BCUT2D eigenvalue weighted by Gasteiger charge is -2.22. The zero-order chi connectivity index (χ0) is 14.3. The van der Waals surface area contributed by atoms with Gasteiger partial charge < -0.3 is 4.90 Å². The molecular weight excluding hydrogens is 266 g/mol. The normalized spacial score (nSPS) is 13.9. The Bertz CT molecular complexity index is 721. The molecular formula is C16H20N3S+. The van der Waals surface area contributed by atoms with Gasteiger partial charge in [0.25, 0.3) is 0 Å². The Morgan fingerprint density at radius 2 is 2.00 bits per heavy atom. The molecule has 0 radical (unpaired) electrons. The molecule has 0 saturated heterocycles. The molecule has 1 aliphatic heterocycles. The van der Waals surface area contributed by atoms with Crippen LogP contribution in [0.4, 0.5) is 0 Å². The second-order valence-electron chi connectivity index (χ2n) is 5.60. The van der Waals surface area contributed by atoms with Crippen molar-refractivity contribution in [3.8, 4) is 10.6 Å². The summed E-state index contributed by atoms with van der Waals surface area (Å²) in [6, 6.07) is 6.50. The summed E-state index contributed by atoms with van der Waals surface area (Å²) in [7, 11) is 8.36. The lowest BCUT2D eigenvalue weighted by atomic mass is 10.1. The summed E-state index contributed by atoms with van der Waals surface area (Å²) in [6.45, 7) is 0. The molecule has 3 rings (SSSR count). The van der Waals surface area contributed by atoms with E-state index in [1.165, 1.54) is 26.5 Å². The van der Waals surface area contributed by atoms with E-state index in [1.807, 2.05) is 11.3 Å². The van der Waals surface area contributed by atoms with Gasteiger partial charge in [0.1, 0.15) is 14.1 Å². The van der Waals surface area contributed by atoms with Gasteiger partial charge in [0.15, 0.2) is 0 Å². The largest absolute Gasteiger partial charge is 0.381 e. The number of aromatic nitrogens is 1. The van der Waals surface area contributed by atoms with Gasteiger partial charge in [-0.3, -0.25) is 4.98 Å². The maximum Gasteiger partial charge on any atom is 0.201 e. The van der Waals surface area contributed by atoms with Crippen molar-refractivity contribution in [1.29, 1.82) is 0 Å². The van der Waals surface area contributed by atoms with Gasteiger partial charge in [-0.2, -0.15) is 0 Å². The zero-order valence-electron chi connectivity index (χ0n) is 12.5. The van der Waals surface area contributed by atoms with Gasteiger partial charge in [-0.05, 0) is 25.0 Å². The van der Waals surface area contributed by atoms with Crippen molar-refractivity contribution in [3.05, 3.63) is 39.8 Å². The smallest absolute Gasteiger partial charge is 0.201 e. The average molecular weight is 286 g/mol. The zero-order valence-corrected chi connectivity index (χ0v) is 13.3. The van der Waals surface area contributed by atoms with E-state index in [0.29, 0.717) is 0 Å². The van der Waals surface area contributed by atoms with Crippen LogP contribution < -0.4 is 9.93 Å². The minimum Gasteiger partial charge on any atom is -0.381 e. The quantitative estimate of drug-likeness (QED) is 0.748. The van der Waals surface area contributed by atoms with E-state index in [0.717, 1.165) is 18.5 Å². The lowest BCUT2D eigenvalue weighted by Crippen LogP contribution is -2.21. The van der Waals surface area contributed by atoms with Gasteiger partial charge in [0.05, 0.1) is 21.1 Å². The van der Waals surface area contributed by atoms with E-state index in [4.69, 9.17) is 4.98 Å². The first-order valence-corrected chi connectivity index (χ1v) is 7.68. The van der Waals surface area contributed by atoms with Crippen LogP contribution in [0.1, 0.15) is 17.0 Å². The van der Waals surface area contributed by atoms with Crippen molar-refractivity contribution >= 4 is 17.4 Å². The molecule has 0 aromatic carbocycles.